The van der Waals surface area contributed by atoms with Crippen molar-refractivity contribution in [3.63, 3.8) is 0 Å². The summed E-state index contributed by atoms with van der Waals surface area (Å²) < 4.78 is 14.8. The van der Waals surface area contributed by atoms with Crippen molar-refractivity contribution >= 4 is 21.7 Å². The number of aryl methyl sites for hydroxylation is 1. The molecule has 0 unspecified atom stereocenters. The highest BCUT2D eigenvalue weighted by Crippen LogP contribution is 2.29. The van der Waals surface area contributed by atoms with E-state index in [0.717, 1.165) is 5.56 Å². The highest BCUT2D eigenvalue weighted by atomic mass is 79.9. The van der Waals surface area contributed by atoms with E-state index in [-0.39, 0.29) is 11.6 Å². The molecule has 19 heavy (non-hydrogen) atoms. The normalized spacial score (nSPS) is 11.6. The summed E-state index contributed by atoms with van der Waals surface area (Å²) in [5.41, 5.74) is 0.354. The monoisotopic (exact) mass is 325 g/mol. The van der Waals surface area contributed by atoms with Crippen LogP contribution in [0.25, 0.3) is 0 Å². The van der Waals surface area contributed by atoms with Crippen LogP contribution in [0.3, 0.4) is 0 Å². The first-order valence-electron chi connectivity index (χ1n) is 5.70. The smallest absolute Gasteiger partial charge is 0.193 e. The third-order valence-electron chi connectivity index (χ3n) is 3.13. The zero-order valence-corrected chi connectivity index (χ0v) is 12.4. The molecule has 4 nitrogen and oxygen atoms in total. The third kappa shape index (κ3) is 2.45. The molecule has 2 rings (SSSR count). The molecule has 0 fully saturated rings. The fraction of sp³-hybridized carbons (Fsp3) is 0.308. The third-order valence-corrected chi connectivity index (χ3v) is 3.67. The number of hydrogen-bond donors (Lipinski definition) is 0. The summed E-state index contributed by atoms with van der Waals surface area (Å²) in [6.45, 7) is 3.59. The summed E-state index contributed by atoms with van der Waals surface area (Å²) in [6, 6.07) is 5.93. The van der Waals surface area contributed by atoms with Crippen molar-refractivity contribution in [2.45, 2.75) is 19.3 Å². The van der Waals surface area contributed by atoms with Crippen LogP contribution >= 0.6 is 15.9 Å². The first kappa shape index (κ1) is 13.9. The van der Waals surface area contributed by atoms with Crippen molar-refractivity contribution in [1.29, 1.82) is 0 Å². The van der Waals surface area contributed by atoms with E-state index >= 15 is 0 Å². The Hall–Kier alpha value is -1.56. The zero-order chi connectivity index (χ0) is 14.2. The van der Waals surface area contributed by atoms with Gasteiger partial charge in [0.1, 0.15) is 11.5 Å². The molecule has 0 radical (unpaired) electrons. The number of benzene rings is 1. The Morgan fingerprint density at radius 3 is 2.37 bits per heavy atom. The molecule has 0 aliphatic carbocycles. The van der Waals surface area contributed by atoms with Crippen molar-refractivity contribution in [3.8, 4) is 0 Å². The minimum atomic E-state index is -0.786. The number of carbonyl (C=O) groups is 1. The van der Waals surface area contributed by atoms with Gasteiger partial charge >= 0.3 is 0 Å². The van der Waals surface area contributed by atoms with Gasteiger partial charge in [-0.2, -0.15) is 0 Å². The van der Waals surface area contributed by atoms with Crippen molar-refractivity contribution < 1.29 is 9.18 Å². The SMILES string of the molecule is Cn1nnc(Br)c1C(=O)C(C)(C)c1ccc(F)cc1. The molecule has 0 atom stereocenters. The van der Waals surface area contributed by atoms with Gasteiger partial charge in [-0.1, -0.05) is 17.3 Å². The van der Waals surface area contributed by atoms with Gasteiger partial charge in [0.05, 0.1) is 5.41 Å². The lowest BCUT2D eigenvalue weighted by Crippen LogP contribution is -2.31. The largest absolute Gasteiger partial charge is 0.291 e. The maximum Gasteiger partial charge on any atom is 0.193 e. The molecule has 1 heterocycles. The van der Waals surface area contributed by atoms with Crippen LogP contribution in [0.1, 0.15) is 29.9 Å². The van der Waals surface area contributed by atoms with Gasteiger partial charge in [-0.05, 0) is 47.5 Å². The Kier molecular flexibility index (Phi) is 3.54. The van der Waals surface area contributed by atoms with Gasteiger partial charge in [-0.15, -0.1) is 5.10 Å². The van der Waals surface area contributed by atoms with E-state index in [2.05, 4.69) is 26.2 Å². The minimum Gasteiger partial charge on any atom is -0.291 e. The Morgan fingerprint density at radius 2 is 1.89 bits per heavy atom. The van der Waals surface area contributed by atoms with E-state index in [1.54, 1.807) is 33.0 Å². The van der Waals surface area contributed by atoms with Gasteiger partial charge in [-0.25, -0.2) is 9.07 Å². The number of aromatic nitrogens is 3. The summed E-state index contributed by atoms with van der Waals surface area (Å²) in [7, 11) is 1.66. The summed E-state index contributed by atoms with van der Waals surface area (Å²) in [5.74, 6) is -0.450. The molecular formula is C13H13BrFN3O. The molecule has 0 aliphatic rings. The maximum absolute atomic E-state index is 13.0. The van der Waals surface area contributed by atoms with E-state index < -0.39 is 5.41 Å². The van der Waals surface area contributed by atoms with Crippen LogP contribution < -0.4 is 0 Å². The van der Waals surface area contributed by atoms with E-state index in [0.29, 0.717) is 10.3 Å². The van der Waals surface area contributed by atoms with E-state index in [4.69, 9.17) is 0 Å². The van der Waals surface area contributed by atoms with E-state index in [1.807, 2.05) is 0 Å². The Bertz CT molecular complexity index is 600. The van der Waals surface area contributed by atoms with Crippen molar-refractivity contribution in [2.24, 2.45) is 7.05 Å². The molecule has 2 aromatic rings. The van der Waals surface area contributed by atoms with Crippen molar-refractivity contribution in [1.82, 2.24) is 15.0 Å². The first-order valence-corrected chi connectivity index (χ1v) is 6.49. The van der Waals surface area contributed by atoms with Crippen molar-refractivity contribution in [3.05, 3.63) is 45.9 Å². The Labute approximate surface area is 118 Å². The van der Waals surface area contributed by atoms with Crippen molar-refractivity contribution in [2.75, 3.05) is 0 Å². The lowest BCUT2D eigenvalue weighted by Gasteiger charge is -2.23. The summed E-state index contributed by atoms with van der Waals surface area (Å²) in [6.07, 6.45) is 0. The molecule has 0 spiro atoms. The Morgan fingerprint density at radius 1 is 1.32 bits per heavy atom. The van der Waals surface area contributed by atoms with Gasteiger partial charge in [-0.3, -0.25) is 4.79 Å². The fourth-order valence-corrected chi connectivity index (χ4v) is 2.37. The molecule has 100 valence electrons. The number of rotatable bonds is 3. The van der Waals surface area contributed by atoms with E-state index in [1.165, 1.54) is 16.8 Å². The summed E-state index contributed by atoms with van der Waals surface area (Å²) >= 11 is 3.22. The average Bonchev–Trinajstić information content (AvgIpc) is 2.68. The summed E-state index contributed by atoms with van der Waals surface area (Å²) in [5, 5.41) is 7.60. The topological polar surface area (TPSA) is 47.8 Å². The van der Waals surface area contributed by atoms with Crippen LogP contribution in [0.15, 0.2) is 28.9 Å². The standard InChI is InChI=1S/C13H13BrFN3O/c1-13(2,8-4-6-9(15)7-5-8)11(19)10-12(14)16-17-18(10)3/h4-7H,1-3H3. The second-order valence-electron chi connectivity index (χ2n) is 4.81. The lowest BCUT2D eigenvalue weighted by molar-refractivity contribution is 0.0898. The molecule has 0 aliphatic heterocycles. The van der Waals surface area contributed by atoms with Crippen LogP contribution in [0.4, 0.5) is 4.39 Å². The molecule has 1 aromatic carbocycles. The van der Waals surface area contributed by atoms with Gasteiger partial charge < -0.3 is 0 Å². The van der Waals surface area contributed by atoms with Crippen LogP contribution in [0.5, 0.6) is 0 Å². The number of nitrogens with zero attached hydrogens (tertiary/aromatic N) is 3. The molecule has 0 amide bonds. The zero-order valence-electron chi connectivity index (χ0n) is 10.8. The van der Waals surface area contributed by atoms with Crippen LogP contribution in [0, 0.1) is 5.82 Å². The fourth-order valence-electron chi connectivity index (χ4n) is 1.87. The lowest BCUT2D eigenvalue weighted by atomic mass is 9.79. The van der Waals surface area contributed by atoms with Gasteiger partial charge in [0.25, 0.3) is 0 Å². The molecule has 1 aromatic heterocycles. The second kappa shape index (κ2) is 4.85. The Balaban J connectivity index is 2.45. The van der Waals surface area contributed by atoms with E-state index in [9.17, 15) is 9.18 Å². The quantitative estimate of drug-likeness (QED) is 0.815. The van der Waals surface area contributed by atoms with Crippen LogP contribution in [-0.4, -0.2) is 20.8 Å². The average molecular weight is 326 g/mol. The summed E-state index contributed by atoms with van der Waals surface area (Å²) in [4.78, 5) is 12.6. The first-order chi connectivity index (χ1) is 8.84. The van der Waals surface area contributed by atoms with Gasteiger partial charge in [0.15, 0.2) is 10.4 Å². The molecule has 0 saturated carbocycles. The predicted molar refractivity (Wildman–Crippen MR) is 72.5 cm³/mol. The molecule has 0 saturated heterocycles. The number of carbonyl (C=O) groups excluding carboxylic acids is 1. The maximum atomic E-state index is 13.0. The van der Waals surface area contributed by atoms with Gasteiger partial charge in [0.2, 0.25) is 0 Å². The number of Topliss-reactive ketones (excluding diaryl/α,β-unsaturated/α-hetero) is 1. The molecule has 0 N–H and O–H groups in total. The van der Waals surface area contributed by atoms with Crippen LogP contribution in [-0.2, 0) is 12.5 Å². The highest BCUT2D eigenvalue weighted by Gasteiger charge is 2.34. The number of halogens is 2. The molecule has 0 bridgehead atoms. The minimum absolute atomic E-state index is 0.126. The highest BCUT2D eigenvalue weighted by molar-refractivity contribution is 9.10. The second-order valence-corrected chi connectivity index (χ2v) is 5.56. The molecular weight excluding hydrogens is 313 g/mol. The molecule has 6 heteroatoms. The number of ketones is 1. The predicted octanol–water partition coefficient (Wildman–Crippen LogP) is 2.88. The van der Waals surface area contributed by atoms with Gasteiger partial charge in [0, 0.05) is 7.05 Å². The van der Waals surface area contributed by atoms with Crippen LogP contribution in [0.2, 0.25) is 0 Å². The number of hydrogen-bond acceptors (Lipinski definition) is 3.